The van der Waals surface area contributed by atoms with Gasteiger partial charge in [-0.1, -0.05) is 46.3 Å². The number of rotatable bonds is 8. The molecule has 3 rings (SSSR count). The highest BCUT2D eigenvalue weighted by Gasteiger charge is 2.15. The number of carbonyl (C=O) groups is 3. The van der Waals surface area contributed by atoms with Crippen molar-refractivity contribution < 1.29 is 23.9 Å². The largest absolute Gasteiger partial charge is 0.495 e. The minimum absolute atomic E-state index is 0.232. The molecule has 3 aromatic carbocycles. The van der Waals surface area contributed by atoms with E-state index in [-0.39, 0.29) is 12.5 Å². The Morgan fingerprint density at radius 1 is 0.914 bits per heavy atom. The number of hydrazone groups is 1. The molecular formula is C25H23BrN4O5. The SMILES string of the molecule is COc1ccccc1NC(=O)C(=O)N/N=C\c1cc(Br)ccc1OCC(=O)Nc1ccccc1C. The molecule has 0 atom stereocenters. The van der Waals surface area contributed by atoms with Gasteiger partial charge in [0.2, 0.25) is 0 Å². The smallest absolute Gasteiger partial charge is 0.329 e. The van der Waals surface area contributed by atoms with Gasteiger partial charge in [0, 0.05) is 15.7 Å². The summed E-state index contributed by atoms with van der Waals surface area (Å²) in [6.45, 7) is 1.66. The zero-order valence-electron chi connectivity index (χ0n) is 19.0. The van der Waals surface area contributed by atoms with Crippen molar-refractivity contribution in [1.29, 1.82) is 0 Å². The maximum Gasteiger partial charge on any atom is 0.329 e. The van der Waals surface area contributed by atoms with E-state index in [2.05, 4.69) is 37.1 Å². The summed E-state index contributed by atoms with van der Waals surface area (Å²) in [6, 6.07) is 19.2. The minimum Gasteiger partial charge on any atom is -0.495 e. The molecule has 0 aliphatic heterocycles. The van der Waals surface area contributed by atoms with Crippen molar-refractivity contribution in [1.82, 2.24) is 5.43 Å². The summed E-state index contributed by atoms with van der Waals surface area (Å²) in [7, 11) is 1.46. The van der Waals surface area contributed by atoms with E-state index in [9.17, 15) is 14.4 Å². The van der Waals surface area contributed by atoms with Gasteiger partial charge in [-0.3, -0.25) is 14.4 Å². The molecular weight excluding hydrogens is 516 g/mol. The second-order valence-corrected chi connectivity index (χ2v) is 8.10. The molecule has 0 aliphatic carbocycles. The van der Waals surface area contributed by atoms with Crippen LogP contribution in [-0.2, 0) is 14.4 Å². The second-order valence-electron chi connectivity index (χ2n) is 7.19. The van der Waals surface area contributed by atoms with E-state index in [0.717, 1.165) is 10.0 Å². The lowest BCUT2D eigenvalue weighted by molar-refractivity contribution is -0.136. The zero-order valence-corrected chi connectivity index (χ0v) is 20.6. The first-order valence-electron chi connectivity index (χ1n) is 10.4. The molecule has 0 heterocycles. The van der Waals surface area contributed by atoms with Crippen LogP contribution in [0.3, 0.4) is 0 Å². The predicted molar refractivity (Wildman–Crippen MR) is 137 cm³/mol. The number of para-hydroxylation sites is 3. The maximum atomic E-state index is 12.3. The molecule has 0 saturated heterocycles. The topological polar surface area (TPSA) is 118 Å². The van der Waals surface area contributed by atoms with E-state index in [1.807, 2.05) is 25.1 Å². The summed E-state index contributed by atoms with van der Waals surface area (Å²) in [6.07, 6.45) is 1.31. The number of amides is 3. The number of ether oxygens (including phenoxy) is 2. The molecule has 3 N–H and O–H groups in total. The predicted octanol–water partition coefficient (Wildman–Crippen LogP) is 3.87. The number of hydrogen-bond donors (Lipinski definition) is 3. The lowest BCUT2D eigenvalue weighted by Gasteiger charge is -2.11. The fraction of sp³-hybridized carbons (Fsp3) is 0.120. The van der Waals surface area contributed by atoms with Crippen molar-refractivity contribution in [3.63, 3.8) is 0 Å². The Balaban J connectivity index is 1.59. The number of nitrogens with one attached hydrogen (secondary N) is 3. The van der Waals surface area contributed by atoms with Gasteiger partial charge in [-0.25, -0.2) is 5.43 Å². The van der Waals surface area contributed by atoms with Gasteiger partial charge in [0.15, 0.2) is 6.61 Å². The molecule has 0 aliphatic rings. The molecule has 0 unspecified atom stereocenters. The van der Waals surface area contributed by atoms with Crippen LogP contribution in [0.2, 0.25) is 0 Å². The maximum absolute atomic E-state index is 12.3. The third-order valence-electron chi connectivity index (χ3n) is 4.68. The lowest BCUT2D eigenvalue weighted by Crippen LogP contribution is -2.32. The Morgan fingerprint density at radius 3 is 2.37 bits per heavy atom. The fourth-order valence-electron chi connectivity index (χ4n) is 2.93. The molecule has 0 bridgehead atoms. The molecule has 180 valence electrons. The quantitative estimate of drug-likeness (QED) is 0.228. The average molecular weight is 539 g/mol. The van der Waals surface area contributed by atoms with Gasteiger partial charge in [0.1, 0.15) is 11.5 Å². The number of nitrogens with zero attached hydrogens (tertiary/aromatic N) is 1. The molecule has 10 heteroatoms. The van der Waals surface area contributed by atoms with E-state index in [4.69, 9.17) is 9.47 Å². The van der Waals surface area contributed by atoms with Gasteiger partial charge in [-0.05, 0) is 48.9 Å². The zero-order chi connectivity index (χ0) is 25.2. The lowest BCUT2D eigenvalue weighted by atomic mass is 10.2. The number of hydrogen-bond acceptors (Lipinski definition) is 6. The Labute approximate surface area is 210 Å². The highest BCUT2D eigenvalue weighted by atomic mass is 79.9. The molecule has 9 nitrogen and oxygen atoms in total. The van der Waals surface area contributed by atoms with Crippen molar-refractivity contribution in [2.24, 2.45) is 5.10 Å². The third-order valence-corrected chi connectivity index (χ3v) is 5.17. The number of methoxy groups -OCH3 is 1. The van der Waals surface area contributed by atoms with Crippen LogP contribution in [0.4, 0.5) is 11.4 Å². The van der Waals surface area contributed by atoms with Crippen molar-refractivity contribution in [2.75, 3.05) is 24.4 Å². The number of anilines is 2. The highest BCUT2D eigenvalue weighted by Crippen LogP contribution is 2.23. The first-order valence-corrected chi connectivity index (χ1v) is 11.2. The van der Waals surface area contributed by atoms with E-state index >= 15 is 0 Å². The monoisotopic (exact) mass is 538 g/mol. The van der Waals surface area contributed by atoms with Gasteiger partial charge in [-0.15, -0.1) is 0 Å². The first kappa shape index (κ1) is 25.4. The van der Waals surface area contributed by atoms with Crippen LogP contribution in [0.5, 0.6) is 11.5 Å². The Hall–Kier alpha value is -4.18. The van der Waals surface area contributed by atoms with Crippen molar-refractivity contribution in [3.05, 3.63) is 82.3 Å². The van der Waals surface area contributed by atoms with Crippen LogP contribution in [0.25, 0.3) is 0 Å². The van der Waals surface area contributed by atoms with E-state index in [1.54, 1.807) is 48.5 Å². The summed E-state index contributed by atoms with van der Waals surface area (Å²) >= 11 is 3.36. The van der Waals surface area contributed by atoms with Gasteiger partial charge in [0.25, 0.3) is 5.91 Å². The van der Waals surface area contributed by atoms with E-state index < -0.39 is 11.8 Å². The summed E-state index contributed by atoms with van der Waals surface area (Å²) in [5.74, 6) is -1.43. The van der Waals surface area contributed by atoms with Gasteiger partial charge in [-0.2, -0.15) is 5.10 Å². The van der Waals surface area contributed by atoms with Crippen LogP contribution in [0.1, 0.15) is 11.1 Å². The van der Waals surface area contributed by atoms with E-state index in [1.165, 1.54) is 13.3 Å². The molecule has 0 radical (unpaired) electrons. The number of carbonyl (C=O) groups excluding carboxylic acids is 3. The van der Waals surface area contributed by atoms with Crippen molar-refractivity contribution in [2.45, 2.75) is 6.92 Å². The Bertz CT molecular complexity index is 1260. The number of halogens is 1. The Kier molecular flexibility index (Phi) is 8.96. The van der Waals surface area contributed by atoms with Crippen molar-refractivity contribution >= 4 is 51.2 Å². The molecule has 0 aromatic heterocycles. The first-order chi connectivity index (χ1) is 16.9. The van der Waals surface area contributed by atoms with E-state index in [0.29, 0.717) is 28.4 Å². The van der Waals surface area contributed by atoms with Gasteiger partial charge >= 0.3 is 11.8 Å². The molecule has 0 spiro atoms. The normalized spacial score (nSPS) is 10.5. The summed E-state index contributed by atoms with van der Waals surface area (Å²) in [5, 5.41) is 9.09. The molecule has 3 amide bonds. The van der Waals surface area contributed by atoms with Crippen LogP contribution in [0.15, 0.2) is 76.3 Å². The molecule has 3 aromatic rings. The molecule has 35 heavy (non-hydrogen) atoms. The second kappa shape index (κ2) is 12.3. The summed E-state index contributed by atoms with van der Waals surface area (Å²) in [5.41, 5.74) is 4.63. The van der Waals surface area contributed by atoms with Crippen LogP contribution < -0.4 is 25.5 Å². The minimum atomic E-state index is -0.970. The van der Waals surface area contributed by atoms with Crippen LogP contribution in [-0.4, -0.2) is 37.7 Å². The van der Waals surface area contributed by atoms with Gasteiger partial charge in [0.05, 0.1) is 19.0 Å². The molecule has 0 saturated carbocycles. The standard InChI is InChI=1S/C25H23BrN4O5/c1-16-7-3-4-8-19(16)28-23(31)15-35-21-12-11-18(26)13-17(21)14-27-30-25(33)24(32)29-20-9-5-6-10-22(20)34-2/h3-14H,15H2,1-2H3,(H,28,31)(H,29,32)(H,30,33)/b27-14-. The highest BCUT2D eigenvalue weighted by molar-refractivity contribution is 9.10. The van der Waals surface area contributed by atoms with Crippen LogP contribution in [0, 0.1) is 6.92 Å². The summed E-state index contributed by atoms with van der Waals surface area (Å²) < 4.78 is 11.5. The Morgan fingerprint density at radius 2 is 1.63 bits per heavy atom. The van der Waals surface area contributed by atoms with Crippen molar-refractivity contribution in [3.8, 4) is 11.5 Å². The number of benzene rings is 3. The van der Waals surface area contributed by atoms with Gasteiger partial charge < -0.3 is 20.1 Å². The van der Waals surface area contributed by atoms with Crippen LogP contribution >= 0.6 is 15.9 Å². The average Bonchev–Trinajstić information content (AvgIpc) is 2.85. The summed E-state index contributed by atoms with van der Waals surface area (Å²) in [4.78, 5) is 36.6. The molecule has 0 fully saturated rings. The third kappa shape index (κ3) is 7.41. The fourth-order valence-corrected chi connectivity index (χ4v) is 3.31. The number of aryl methyl sites for hydroxylation is 1.